The number of aromatic nitrogens is 2. The van der Waals surface area contributed by atoms with Gasteiger partial charge in [0.25, 0.3) is 0 Å². The van der Waals surface area contributed by atoms with Gasteiger partial charge in [-0.05, 0) is 31.5 Å². The minimum absolute atomic E-state index is 0.00148. The smallest absolute Gasteiger partial charge is 0.327 e. The van der Waals surface area contributed by atoms with Gasteiger partial charge < -0.3 is 10.1 Å². The lowest BCUT2D eigenvalue weighted by molar-refractivity contribution is -0.144. The molecule has 1 aromatic carbocycles. The van der Waals surface area contributed by atoms with Crippen molar-refractivity contribution >= 4 is 29.3 Å². The highest BCUT2D eigenvalue weighted by Gasteiger charge is 2.33. The molecule has 25 heavy (non-hydrogen) atoms. The third-order valence-electron chi connectivity index (χ3n) is 4.10. The number of rotatable bonds is 4. The number of esters is 1. The summed E-state index contributed by atoms with van der Waals surface area (Å²) in [5.74, 6) is -0.998. The van der Waals surface area contributed by atoms with E-state index in [-0.39, 0.29) is 36.4 Å². The average molecular weight is 366 g/mol. The number of ether oxygens (including phenoxy) is 1. The van der Waals surface area contributed by atoms with Crippen LogP contribution >= 0.6 is 11.6 Å². The first-order valence-corrected chi connectivity index (χ1v) is 8.26. The van der Waals surface area contributed by atoms with E-state index >= 15 is 0 Å². The van der Waals surface area contributed by atoms with Gasteiger partial charge in [0.2, 0.25) is 5.91 Å². The summed E-state index contributed by atoms with van der Waals surface area (Å²) in [6, 6.07) is 4.41. The van der Waals surface area contributed by atoms with Crippen LogP contribution in [-0.4, -0.2) is 28.3 Å². The third-order valence-corrected chi connectivity index (χ3v) is 4.39. The van der Waals surface area contributed by atoms with Crippen molar-refractivity contribution in [3.8, 4) is 0 Å². The van der Waals surface area contributed by atoms with Crippen LogP contribution in [0.3, 0.4) is 0 Å². The number of fused-ring (bicyclic) bond motifs is 1. The number of hydrogen-bond donors (Lipinski definition) is 1. The van der Waals surface area contributed by atoms with Gasteiger partial charge in [-0.15, -0.1) is 0 Å². The molecule has 2 heterocycles. The number of hydrogen-bond acceptors (Lipinski definition) is 4. The molecule has 1 aliphatic heterocycles. The van der Waals surface area contributed by atoms with Gasteiger partial charge in [0, 0.05) is 17.9 Å². The molecule has 0 bridgehead atoms. The number of nitrogens with zero attached hydrogens (tertiary/aromatic N) is 2. The first kappa shape index (κ1) is 17.4. The number of halogens is 2. The van der Waals surface area contributed by atoms with Crippen molar-refractivity contribution in [3.05, 3.63) is 45.9 Å². The highest BCUT2D eigenvalue weighted by atomic mass is 35.5. The molecule has 0 aliphatic carbocycles. The molecule has 0 saturated heterocycles. The first-order chi connectivity index (χ1) is 11.9. The van der Waals surface area contributed by atoms with Crippen LogP contribution < -0.4 is 5.32 Å². The molecular formula is C17H17ClFN3O3. The fraction of sp³-hybridized carbons (Fsp3) is 0.353. The molecule has 1 amide bonds. The molecule has 132 valence electrons. The maximum Gasteiger partial charge on any atom is 0.327 e. The summed E-state index contributed by atoms with van der Waals surface area (Å²) in [6.07, 6.45) is 0.195. The molecule has 6 nitrogen and oxygen atoms in total. The van der Waals surface area contributed by atoms with Crippen molar-refractivity contribution in [1.29, 1.82) is 0 Å². The lowest BCUT2D eigenvalue weighted by Gasteiger charge is -2.24. The van der Waals surface area contributed by atoms with Crippen molar-refractivity contribution < 1.29 is 18.7 Å². The Morgan fingerprint density at radius 3 is 2.96 bits per heavy atom. The molecule has 0 spiro atoms. The van der Waals surface area contributed by atoms with E-state index in [1.54, 1.807) is 19.9 Å². The summed E-state index contributed by atoms with van der Waals surface area (Å²) in [7, 11) is 0. The predicted octanol–water partition coefficient (Wildman–Crippen LogP) is 3.02. The standard InChI is InChI=1S/C17H17ClFN3O3/c1-3-25-15(24)8-22-17-16(9(2)21-22)11(7-14(23)20-17)10-4-5-13(19)12(18)6-10/h4-6,11H,3,7-8H2,1-2H3,(H,20,23). The van der Waals surface area contributed by atoms with Crippen LogP contribution in [0.15, 0.2) is 18.2 Å². The van der Waals surface area contributed by atoms with E-state index in [2.05, 4.69) is 10.4 Å². The molecule has 8 heteroatoms. The van der Waals surface area contributed by atoms with Crippen molar-refractivity contribution in [3.63, 3.8) is 0 Å². The second kappa shape index (κ2) is 6.84. The van der Waals surface area contributed by atoms with Crippen molar-refractivity contribution in [2.24, 2.45) is 0 Å². The van der Waals surface area contributed by atoms with Crippen LogP contribution in [0.25, 0.3) is 0 Å². The normalized spacial score (nSPS) is 16.3. The molecule has 0 saturated carbocycles. The first-order valence-electron chi connectivity index (χ1n) is 7.88. The minimum atomic E-state index is -0.513. The number of benzene rings is 1. The summed E-state index contributed by atoms with van der Waals surface area (Å²) in [6.45, 7) is 3.69. The van der Waals surface area contributed by atoms with Crippen molar-refractivity contribution in [1.82, 2.24) is 9.78 Å². The zero-order valence-corrected chi connectivity index (χ0v) is 14.6. The molecule has 1 aromatic heterocycles. The Morgan fingerprint density at radius 2 is 2.28 bits per heavy atom. The lowest BCUT2D eigenvalue weighted by Crippen LogP contribution is -2.26. The number of anilines is 1. The van der Waals surface area contributed by atoms with E-state index in [0.717, 1.165) is 11.1 Å². The quantitative estimate of drug-likeness (QED) is 0.845. The number of amides is 1. The van der Waals surface area contributed by atoms with Gasteiger partial charge in [-0.1, -0.05) is 17.7 Å². The molecule has 1 atom stereocenters. The number of carbonyl (C=O) groups excluding carboxylic acids is 2. The zero-order chi connectivity index (χ0) is 18.1. The lowest BCUT2D eigenvalue weighted by atomic mass is 9.86. The Bertz CT molecular complexity index is 850. The summed E-state index contributed by atoms with van der Waals surface area (Å²) in [5, 5.41) is 7.13. The second-order valence-electron chi connectivity index (χ2n) is 5.79. The van der Waals surface area contributed by atoms with E-state index in [1.807, 2.05) is 0 Å². The SMILES string of the molecule is CCOC(=O)Cn1nc(C)c2c1NC(=O)CC2c1ccc(F)c(Cl)c1. The topological polar surface area (TPSA) is 73.2 Å². The fourth-order valence-corrected chi connectivity index (χ4v) is 3.26. The molecule has 1 N–H and O–H groups in total. The summed E-state index contributed by atoms with van der Waals surface area (Å²) < 4.78 is 19.8. The summed E-state index contributed by atoms with van der Waals surface area (Å²) in [4.78, 5) is 23.9. The van der Waals surface area contributed by atoms with Gasteiger partial charge in [-0.2, -0.15) is 5.10 Å². The monoisotopic (exact) mass is 365 g/mol. The number of carbonyl (C=O) groups is 2. The molecule has 0 radical (unpaired) electrons. The molecular weight excluding hydrogens is 349 g/mol. The predicted molar refractivity (Wildman–Crippen MR) is 90.1 cm³/mol. The van der Waals surface area contributed by atoms with Crippen molar-refractivity contribution in [2.75, 3.05) is 11.9 Å². The van der Waals surface area contributed by atoms with E-state index in [0.29, 0.717) is 11.5 Å². The number of aryl methyl sites for hydroxylation is 1. The van der Waals surface area contributed by atoms with Gasteiger partial charge in [0.15, 0.2) is 0 Å². The second-order valence-corrected chi connectivity index (χ2v) is 6.20. The van der Waals surface area contributed by atoms with Gasteiger partial charge in [0.05, 0.1) is 17.3 Å². The van der Waals surface area contributed by atoms with Crippen LogP contribution in [0.2, 0.25) is 5.02 Å². The largest absolute Gasteiger partial charge is 0.465 e. The van der Waals surface area contributed by atoms with Gasteiger partial charge >= 0.3 is 5.97 Å². The van der Waals surface area contributed by atoms with E-state index in [9.17, 15) is 14.0 Å². The molecule has 0 fully saturated rings. The van der Waals surface area contributed by atoms with Gasteiger partial charge in [-0.25, -0.2) is 9.07 Å². The molecule has 1 aliphatic rings. The van der Waals surface area contributed by atoms with Crippen LogP contribution in [-0.2, 0) is 20.9 Å². The zero-order valence-electron chi connectivity index (χ0n) is 13.8. The highest BCUT2D eigenvalue weighted by Crippen LogP contribution is 2.40. The Labute approximate surface area is 148 Å². The van der Waals surface area contributed by atoms with Crippen LogP contribution in [0.5, 0.6) is 0 Å². The van der Waals surface area contributed by atoms with Crippen LogP contribution in [0.4, 0.5) is 10.2 Å². The van der Waals surface area contributed by atoms with Crippen LogP contribution in [0, 0.1) is 12.7 Å². The third kappa shape index (κ3) is 3.37. The average Bonchev–Trinajstić information content (AvgIpc) is 2.85. The van der Waals surface area contributed by atoms with Crippen LogP contribution in [0.1, 0.15) is 36.1 Å². The fourth-order valence-electron chi connectivity index (χ4n) is 3.07. The summed E-state index contributed by atoms with van der Waals surface area (Å²) >= 11 is 5.89. The van der Waals surface area contributed by atoms with E-state index in [1.165, 1.54) is 16.8 Å². The van der Waals surface area contributed by atoms with E-state index in [4.69, 9.17) is 16.3 Å². The molecule has 1 unspecified atom stereocenters. The Balaban J connectivity index is 2.03. The number of nitrogens with one attached hydrogen (secondary N) is 1. The maximum absolute atomic E-state index is 13.5. The Morgan fingerprint density at radius 1 is 1.52 bits per heavy atom. The van der Waals surface area contributed by atoms with Crippen molar-refractivity contribution in [2.45, 2.75) is 32.7 Å². The highest BCUT2D eigenvalue weighted by molar-refractivity contribution is 6.30. The molecule has 3 rings (SSSR count). The minimum Gasteiger partial charge on any atom is -0.465 e. The summed E-state index contributed by atoms with van der Waals surface area (Å²) in [5.41, 5.74) is 2.21. The molecule has 2 aromatic rings. The van der Waals surface area contributed by atoms with E-state index < -0.39 is 11.8 Å². The Hall–Kier alpha value is -2.41. The van der Waals surface area contributed by atoms with Gasteiger partial charge in [-0.3, -0.25) is 9.59 Å². The maximum atomic E-state index is 13.5. The van der Waals surface area contributed by atoms with Gasteiger partial charge in [0.1, 0.15) is 18.2 Å². The Kier molecular flexibility index (Phi) is 4.76.